The number of piperidine rings is 1. The fraction of sp³-hybridized carbons (Fsp3) is 0.308. The van der Waals surface area contributed by atoms with Crippen LogP contribution in [0.5, 0.6) is 0 Å². The van der Waals surface area contributed by atoms with Gasteiger partial charge in [0, 0.05) is 25.3 Å². The molecule has 1 aromatic carbocycles. The van der Waals surface area contributed by atoms with Gasteiger partial charge >= 0.3 is 12.2 Å². The minimum absolute atomic E-state index is 0.118. The van der Waals surface area contributed by atoms with Crippen molar-refractivity contribution in [2.75, 3.05) is 24.7 Å². The molecule has 3 aromatic heterocycles. The Morgan fingerprint density at radius 2 is 1.60 bits per heavy atom. The van der Waals surface area contributed by atoms with Gasteiger partial charge in [-0.25, -0.2) is 36.9 Å². The van der Waals surface area contributed by atoms with E-state index in [0.717, 1.165) is 30.5 Å². The number of nitrogens with one attached hydrogen (secondary N) is 1. The summed E-state index contributed by atoms with van der Waals surface area (Å²) in [6, 6.07) is 5.65. The Morgan fingerprint density at radius 1 is 0.977 bits per heavy atom. The normalized spacial score (nSPS) is 14.6. The van der Waals surface area contributed by atoms with E-state index >= 15 is 0 Å². The molecule has 11 nitrogen and oxygen atoms in total. The number of urea groups is 1. The van der Waals surface area contributed by atoms with Gasteiger partial charge in [-0.3, -0.25) is 0 Å². The lowest BCUT2D eigenvalue weighted by molar-refractivity contribution is -0.141. The minimum atomic E-state index is -4.70. The summed E-state index contributed by atoms with van der Waals surface area (Å²) in [6.45, 7) is 1.73. The van der Waals surface area contributed by atoms with Crippen molar-refractivity contribution in [3.63, 3.8) is 0 Å². The molecule has 4 heterocycles. The van der Waals surface area contributed by atoms with Crippen molar-refractivity contribution in [1.29, 1.82) is 0 Å². The van der Waals surface area contributed by atoms with Gasteiger partial charge in [-0.2, -0.15) is 13.2 Å². The summed E-state index contributed by atoms with van der Waals surface area (Å²) >= 11 is 0. The van der Waals surface area contributed by atoms with Gasteiger partial charge in [-0.1, -0.05) is 12.1 Å². The van der Waals surface area contributed by atoms with Gasteiger partial charge < -0.3 is 14.6 Å². The van der Waals surface area contributed by atoms with Crippen LogP contribution in [0, 0.1) is 18.6 Å². The Bertz CT molecular complexity index is 1790. The van der Waals surface area contributed by atoms with E-state index in [1.54, 1.807) is 0 Å². The van der Waals surface area contributed by atoms with Crippen LogP contribution in [0.2, 0.25) is 0 Å². The second kappa shape index (κ2) is 11.3. The van der Waals surface area contributed by atoms with E-state index in [-0.39, 0.29) is 60.4 Å². The van der Waals surface area contributed by atoms with Crippen LogP contribution in [0.3, 0.4) is 0 Å². The zero-order valence-corrected chi connectivity index (χ0v) is 23.3. The number of hydrogen-bond donors (Lipinski definition) is 1. The largest absolute Gasteiger partial charge is 0.433 e. The first-order valence-corrected chi connectivity index (χ1v) is 14.6. The molecule has 0 saturated carbocycles. The Hall–Kier alpha value is -4.54. The molecule has 0 spiro atoms. The smallest absolute Gasteiger partial charge is 0.414 e. The number of para-hydroxylation sites is 1. The predicted molar refractivity (Wildman–Crippen MR) is 140 cm³/mol. The van der Waals surface area contributed by atoms with Crippen LogP contribution >= 0.6 is 0 Å². The predicted octanol–water partition coefficient (Wildman–Crippen LogP) is 5.01. The molecule has 0 atom stereocenters. The zero-order valence-electron chi connectivity index (χ0n) is 22.5. The molecule has 1 aliphatic rings. The number of anilines is 1. The van der Waals surface area contributed by atoms with Gasteiger partial charge in [0.15, 0.2) is 0 Å². The summed E-state index contributed by atoms with van der Waals surface area (Å²) in [7, 11) is -3.86. The second-order valence-electron chi connectivity index (χ2n) is 9.73. The molecule has 17 heteroatoms. The summed E-state index contributed by atoms with van der Waals surface area (Å²) in [5, 5.41) is 9.56. The van der Waals surface area contributed by atoms with Gasteiger partial charge in [0.25, 0.3) is 11.8 Å². The number of alkyl halides is 3. The number of carbonyl (C=O) groups excluding carboxylic acids is 1. The van der Waals surface area contributed by atoms with E-state index < -0.39 is 56.1 Å². The fourth-order valence-electron chi connectivity index (χ4n) is 4.59. The highest BCUT2D eigenvalue weighted by atomic mass is 32.2. The van der Waals surface area contributed by atoms with Crippen LogP contribution < -0.4 is 5.32 Å². The third kappa shape index (κ3) is 6.30. The maximum atomic E-state index is 14.0. The fourth-order valence-corrected chi connectivity index (χ4v) is 5.16. The average molecular weight is 624 g/mol. The molecule has 5 rings (SSSR count). The quantitative estimate of drug-likeness (QED) is 0.240. The number of carbonyl (C=O) groups is 1. The molecule has 0 aliphatic carbocycles. The lowest BCUT2D eigenvalue weighted by Gasteiger charge is -2.32. The van der Waals surface area contributed by atoms with Gasteiger partial charge in [-0.15, -0.1) is 10.2 Å². The molecular weight excluding hydrogens is 601 g/mol. The van der Waals surface area contributed by atoms with Crippen LogP contribution in [-0.4, -0.2) is 63.8 Å². The Labute approximate surface area is 241 Å². The summed E-state index contributed by atoms with van der Waals surface area (Å²) < 4.78 is 97.9. The van der Waals surface area contributed by atoms with Crippen LogP contribution in [0.1, 0.15) is 35.8 Å². The Kier molecular flexibility index (Phi) is 7.85. The third-order valence-electron chi connectivity index (χ3n) is 6.69. The molecule has 1 saturated heterocycles. The maximum Gasteiger partial charge on any atom is 0.433 e. The number of aryl methyl sites for hydroxylation is 1. The Morgan fingerprint density at radius 3 is 2.23 bits per heavy atom. The average Bonchev–Trinajstić information content (AvgIpc) is 3.44. The van der Waals surface area contributed by atoms with Crippen molar-refractivity contribution in [2.24, 2.45) is 0 Å². The van der Waals surface area contributed by atoms with Crippen molar-refractivity contribution < 1.29 is 39.6 Å². The van der Waals surface area contributed by atoms with Gasteiger partial charge in [0.1, 0.15) is 28.7 Å². The number of sulfone groups is 1. The lowest BCUT2D eigenvalue weighted by Crippen LogP contribution is -2.41. The number of likely N-dealkylation sites (tertiary alicyclic amines) is 1. The maximum absolute atomic E-state index is 14.0. The van der Waals surface area contributed by atoms with Gasteiger partial charge in [-0.05, 0) is 44.0 Å². The van der Waals surface area contributed by atoms with Crippen LogP contribution in [0.4, 0.5) is 32.4 Å². The number of hydrogen-bond acceptors (Lipinski definition) is 9. The number of amides is 2. The molecule has 0 radical (unpaired) electrons. The zero-order chi connectivity index (χ0) is 31.1. The first-order chi connectivity index (χ1) is 20.2. The monoisotopic (exact) mass is 623 g/mol. The van der Waals surface area contributed by atoms with Crippen LogP contribution in [0.25, 0.3) is 23.0 Å². The van der Waals surface area contributed by atoms with E-state index in [2.05, 4.69) is 30.5 Å². The molecule has 0 unspecified atom stereocenters. The molecule has 0 bridgehead atoms. The molecular formula is C26H22F5N7O4S. The van der Waals surface area contributed by atoms with Crippen molar-refractivity contribution in [3.8, 4) is 23.0 Å². The highest BCUT2D eigenvalue weighted by Gasteiger charge is 2.34. The molecule has 1 N–H and O–H groups in total. The SMILES string of the molecule is Cc1nc(S(C)(=O)=O)nc(C2CCN(C(=O)Nc3c(F)cccc3F)CC2)c1-c1nnc(-c2cccc(C(F)(F)F)n2)o1. The summed E-state index contributed by atoms with van der Waals surface area (Å²) in [5.74, 6) is -2.80. The highest BCUT2D eigenvalue weighted by Crippen LogP contribution is 2.37. The van der Waals surface area contributed by atoms with Gasteiger partial charge in [0.2, 0.25) is 15.0 Å². The molecule has 2 amide bonds. The molecule has 1 aliphatic heterocycles. The van der Waals surface area contributed by atoms with Crippen molar-refractivity contribution in [1.82, 2.24) is 30.0 Å². The highest BCUT2D eigenvalue weighted by molar-refractivity contribution is 7.90. The van der Waals surface area contributed by atoms with Crippen molar-refractivity contribution >= 4 is 21.6 Å². The van der Waals surface area contributed by atoms with Crippen LogP contribution in [-0.2, 0) is 16.0 Å². The number of pyridine rings is 1. The molecule has 1 fully saturated rings. The third-order valence-corrected chi connectivity index (χ3v) is 7.54. The number of aromatic nitrogens is 5. The van der Waals surface area contributed by atoms with E-state index in [1.807, 2.05) is 0 Å². The van der Waals surface area contributed by atoms with E-state index in [9.17, 15) is 35.2 Å². The molecule has 226 valence electrons. The van der Waals surface area contributed by atoms with E-state index in [1.165, 1.54) is 24.0 Å². The van der Waals surface area contributed by atoms with E-state index in [4.69, 9.17) is 4.42 Å². The standard InChI is InChI=1S/C26H22F5N7O4S/c1-13-19(23-37-36-22(42-23)17-7-4-8-18(33-17)26(29,30)31)20(34-24(32-13)43(2,40)41)14-9-11-38(12-10-14)25(39)35-21-15(27)5-3-6-16(21)28/h3-8,14H,9-12H2,1-2H3,(H,35,39). The second-order valence-corrected chi connectivity index (χ2v) is 11.6. The Balaban J connectivity index is 1.44. The van der Waals surface area contributed by atoms with Crippen LogP contribution in [0.15, 0.2) is 46.0 Å². The van der Waals surface area contributed by atoms with Crippen molar-refractivity contribution in [2.45, 2.75) is 37.0 Å². The number of rotatable bonds is 5. The summed E-state index contributed by atoms with van der Waals surface area (Å²) in [5.41, 5.74) is -1.39. The molecule has 43 heavy (non-hydrogen) atoms. The first kappa shape index (κ1) is 29.9. The summed E-state index contributed by atoms with van der Waals surface area (Å²) in [4.78, 5) is 26.0. The van der Waals surface area contributed by atoms with E-state index in [0.29, 0.717) is 0 Å². The first-order valence-electron chi connectivity index (χ1n) is 12.7. The minimum Gasteiger partial charge on any atom is -0.414 e. The lowest BCUT2D eigenvalue weighted by atomic mass is 9.90. The number of benzene rings is 1. The number of halogens is 5. The summed E-state index contributed by atoms with van der Waals surface area (Å²) in [6.07, 6.45) is -3.25. The van der Waals surface area contributed by atoms with Crippen molar-refractivity contribution in [3.05, 3.63) is 65.1 Å². The van der Waals surface area contributed by atoms with Gasteiger partial charge in [0.05, 0.1) is 17.0 Å². The number of nitrogens with zero attached hydrogens (tertiary/aromatic N) is 6. The molecule has 4 aromatic rings. The topological polar surface area (TPSA) is 144 Å².